The Morgan fingerprint density at radius 2 is 1.67 bits per heavy atom. The van der Waals surface area contributed by atoms with Crippen molar-refractivity contribution in [2.75, 3.05) is 0 Å². The number of piperidine rings is 1. The molecule has 106 valence electrons. The molecule has 0 aromatic carbocycles. The van der Waals surface area contributed by atoms with Gasteiger partial charge in [-0.15, -0.1) is 0 Å². The number of carbonyl (C=O) groups is 1. The summed E-state index contributed by atoms with van der Waals surface area (Å²) < 4.78 is 5.70. The lowest BCUT2D eigenvalue weighted by Gasteiger charge is -2.38. The molecule has 0 spiro atoms. The number of amides is 1. The van der Waals surface area contributed by atoms with Crippen LogP contribution < -0.4 is 0 Å². The first-order valence-corrected chi connectivity index (χ1v) is 7.59. The number of likely N-dealkylation sites (tertiary alicyclic amines) is 1. The molecule has 1 rings (SSSR count). The molecule has 1 amide bonds. The highest BCUT2D eigenvalue weighted by Crippen LogP contribution is 2.24. The minimum absolute atomic E-state index is 0.0957. The molecular formula is C15H29NO2. The predicted octanol–water partition coefficient (Wildman–Crippen LogP) is 4.35. The highest BCUT2D eigenvalue weighted by Gasteiger charge is 2.31. The minimum atomic E-state index is -0.0957. The van der Waals surface area contributed by atoms with E-state index in [1.807, 2.05) is 4.90 Å². The first-order valence-electron chi connectivity index (χ1n) is 7.59. The van der Waals surface area contributed by atoms with Gasteiger partial charge in [-0.25, -0.2) is 4.79 Å². The van der Waals surface area contributed by atoms with Gasteiger partial charge in [0.15, 0.2) is 0 Å². The van der Waals surface area contributed by atoms with Crippen molar-refractivity contribution >= 4 is 6.09 Å². The molecule has 18 heavy (non-hydrogen) atoms. The van der Waals surface area contributed by atoms with Crippen molar-refractivity contribution in [1.29, 1.82) is 0 Å². The van der Waals surface area contributed by atoms with Crippen molar-refractivity contribution in [3.63, 3.8) is 0 Å². The summed E-state index contributed by atoms with van der Waals surface area (Å²) in [5, 5.41) is 0. The molecule has 3 nitrogen and oxygen atoms in total. The average molecular weight is 255 g/mol. The third-order valence-electron chi connectivity index (χ3n) is 3.89. The minimum Gasteiger partial charge on any atom is -0.446 e. The quantitative estimate of drug-likeness (QED) is 0.730. The fourth-order valence-corrected chi connectivity index (χ4v) is 2.89. The molecule has 1 heterocycles. The monoisotopic (exact) mass is 255 g/mol. The van der Waals surface area contributed by atoms with Gasteiger partial charge in [0.25, 0.3) is 0 Å². The van der Waals surface area contributed by atoms with Gasteiger partial charge in [-0.1, -0.05) is 26.7 Å². The zero-order chi connectivity index (χ0) is 13.5. The van der Waals surface area contributed by atoms with Crippen LogP contribution in [0.15, 0.2) is 0 Å². The zero-order valence-corrected chi connectivity index (χ0v) is 12.4. The summed E-state index contributed by atoms with van der Waals surface area (Å²) in [5.74, 6) is 0. The van der Waals surface area contributed by atoms with E-state index in [1.54, 1.807) is 0 Å². The normalized spacial score (nSPS) is 24.4. The third-order valence-corrected chi connectivity index (χ3v) is 3.89. The van der Waals surface area contributed by atoms with E-state index in [2.05, 4.69) is 27.7 Å². The van der Waals surface area contributed by atoms with E-state index >= 15 is 0 Å². The number of ether oxygens (including phenoxy) is 1. The van der Waals surface area contributed by atoms with Crippen molar-refractivity contribution in [3.8, 4) is 0 Å². The van der Waals surface area contributed by atoms with Crippen LogP contribution in [-0.2, 0) is 4.74 Å². The summed E-state index contributed by atoms with van der Waals surface area (Å²) in [6, 6.07) is 0.648. The van der Waals surface area contributed by atoms with Crippen LogP contribution in [-0.4, -0.2) is 29.2 Å². The first-order chi connectivity index (χ1) is 8.60. The smallest absolute Gasteiger partial charge is 0.410 e. The molecule has 0 aromatic heterocycles. The second-order valence-electron chi connectivity index (χ2n) is 5.62. The molecule has 0 aromatic rings. The molecule has 0 saturated carbocycles. The third kappa shape index (κ3) is 4.18. The van der Waals surface area contributed by atoms with Crippen LogP contribution in [0.3, 0.4) is 0 Å². The Bertz CT molecular complexity index is 239. The number of carbonyl (C=O) groups excluding carboxylic acids is 1. The fraction of sp³-hybridized carbons (Fsp3) is 0.933. The van der Waals surface area contributed by atoms with Gasteiger partial charge in [0, 0.05) is 12.1 Å². The molecule has 2 atom stereocenters. The molecule has 1 aliphatic rings. The van der Waals surface area contributed by atoms with Gasteiger partial charge >= 0.3 is 6.09 Å². The van der Waals surface area contributed by atoms with Gasteiger partial charge < -0.3 is 9.64 Å². The lowest BCUT2D eigenvalue weighted by atomic mass is 9.98. The second kappa shape index (κ2) is 7.65. The number of rotatable bonds is 5. The van der Waals surface area contributed by atoms with E-state index in [9.17, 15) is 4.79 Å². The molecule has 1 aliphatic heterocycles. The van der Waals surface area contributed by atoms with Crippen LogP contribution in [0, 0.1) is 0 Å². The van der Waals surface area contributed by atoms with Gasteiger partial charge in [-0.05, 0) is 46.0 Å². The molecule has 3 heteroatoms. The highest BCUT2D eigenvalue weighted by atomic mass is 16.6. The van der Waals surface area contributed by atoms with Gasteiger partial charge in [0.2, 0.25) is 0 Å². The maximum Gasteiger partial charge on any atom is 0.410 e. The van der Waals surface area contributed by atoms with Gasteiger partial charge in [-0.2, -0.15) is 0 Å². The molecule has 0 N–H and O–H groups in total. The Morgan fingerprint density at radius 1 is 1.17 bits per heavy atom. The number of hydrogen-bond acceptors (Lipinski definition) is 2. The molecule has 1 fully saturated rings. The SMILES string of the molecule is CCCC(CCC)OC(=O)N1C(C)CCCC1C. The van der Waals surface area contributed by atoms with Gasteiger partial charge in [0.05, 0.1) is 0 Å². The van der Waals surface area contributed by atoms with Crippen LogP contribution >= 0.6 is 0 Å². The molecule has 0 bridgehead atoms. The molecule has 1 saturated heterocycles. The van der Waals surface area contributed by atoms with Crippen LogP contribution in [0.1, 0.15) is 72.6 Å². The molecule has 2 unspecified atom stereocenters. The standard InChI is InChI=1S/C15H29NO2/c1-5-8-14(9-6-2)18-15(17)16-12(3)10-7-11-13(16)4/h12-14H,5-11H2,1-4H3. The summed E-state index contributed by atoms with van der Waals surface area (Å²) >= 11 is 0. The summed E-state index contributed by atoms with van der Waals surface area (Å²) in [6.45, 7) is 8.54. The van der Waals surface area contributed by atoms with Crippen molar-refractivity contribution in [2.45, 2.75) is 90.8 Å². The maximum atomic E-state index is 12.3. The Balaban J connectivity index is 2.55. The van der Waals surface area contributed by atoms with Gasteiger partial charge in [-0.3, -0.25) is 0 Å². The van der Waals surface area contributed by atoms with Crippen LogP contribution in [0.2, 0.25) is 0 Å². The molecular weight excluding hydrogens is 226 g/mol. The van der Waals surface area contributed by atoms with Crippen LogP contribution in [0.5, 0.6) is 0 Å². The van der Waals surface area contributed by atoms with Crippen LogP contribution in [0.25, 0.3) is 0 Å². The van der Waals surface area contributed by atoms with E-state index in [1.165, 1.54) is 6.42 Å². The summed E-state index contributed by atoms with van der Waals surface area (Å²) in [4.78, 5) is 14.2. The van der Waals surface area contributed by atoms with Gasteiger partial charge in [0.1, 0.15) is 6.10 Å². The predicted molar refractivity (Wildman–Crippen MR) is 74.7 cm³/mol. The molecule has 0 radical (unpaired) electrons. The van der Waals surface area contributed by atoms with Crippen molar-refractivity contribution in [2.24, 2.45) is 0 Å². The first kappa shape index (κ1) is 15.3. The number of nitrogens with zero attached hydrogens (tertiary/aromatic N) is 1. The van der Waals surface area contributed by atoms with E-state index in [-0.39, 0.29) is 12.2 Å². The topological polar surface area (TPSA) is 29.5 Å². The summed E-state index contributed by atoms with van der Waals surface area (Å²) in [7, 11) is 0. The number of hydrogen-bond donors (Lipinski definition) is 0. The summed E-state index contributed by atoms with van der Waals surface area (Å²) in [6.07, 6.45) is 7.55. The summed E-state index contributed by atoms with van der Waals surface area (Å²) in [5.41, 5.74) is 0. The lowest BCUT2D eigenvalue weighted by Crippen LogP contribution is -2.48. The van der Waals surface area contributed by atoms with Crippen LogP contribution in [0.4, 0.5) is 4.79 Å². The lowest BCUT2D eigenvalue weighted by molar-refractivity contribution is 0.0227. The molecule has 0 aliphatic carbocycles. The van der Waals surface area contributed by atoms with E-state index < -0.39 is 0 Å². The van der Waals surface area contributed by atoms with Crippen molar-refractivity contribution in [1.82, 2.24) is 4.90 Å². The van der Waals surface area contributed by atoms with E-state index in [0.717, 1.165) is 38.5 Å². The Morgan fingerprint density at radius 3 is 2.11 bits per heavy atom. The zero-order valence-electron chi connectivity index (χ0n) is 12.4. The van der Waals surface area contributed by atoms with E-state index in [0.29, 0.717) is 12.1 Å². The van der Waals surface area contributed by atoms with E-state index in [4.69, 9.17) is 4.74 Å². The fourth-order valence-electron chi connectivity index (χ4n) is 2.89. The average Bonchev–Trinajstić information content (AvgIpc) is 2.29. The maximum absolute atomic E-state index is 12.3. The second-order valence-corrected chi connectivity index (χ2v) is 5.62. The van der Waals surface area contributed by atoms with Crippen molar-refractivity contribution in [3.05, 3.63) is 0 Å². The van der Waals surface area contributed by atoms with Crippen molar-refractivity contribution < 1.29 is 9.53 Å². The highest BCUT2D eigenvalue weighted by molar-refractivity contribution is 5.68. The Labute approximate surface area is 112 Å². The largest absolute Gasteiger partial charge is 0.446 e. The Hall–Kier alpha value is -0.730. The Kier molecular flexibility index (Phi) is 6.51.